The van der Waals surface area contributed by atoms with Gasteiger partial charge in [-0.1, -0.05) is 28.1 Å². The van der Waals surface area contributed by atoms with Gasteiger partial charge in [-0.3, -0.25) is 4.79 Å². The van der Waals surface area contributed by atoms with Gasteiger partial charge in [0.15, 0.2) is 0 Å². The van der Waals surface area contributed by atoms with E-state index in [2.05, 4.69) is 15.9 Å². The molecule has 17 heavy (non-hydrogen) atoms. The molecule has 94 valence electrons. The van der Waals surface area contributed by atoms with Crippen LogP contribution in [0.4, 0.5) is 0 Å². The number of nitrogens with zero attached hydrogens (tertiary/aromatic N) is 1. The average molecular weight is 300 g/mol. The molecule has 1 unspecified atom stereocenters. The molecule has 4 heteroatoms. The van der Waals surface area contributed by atoms with E-state index in [9.17, 15) is 9.90 Å². The lowest BCUT2D eigenvalue weighted by Gasteiger charge is -2.22. The fraction of sp³-hybridized carbons (Fsp3) is 0.615. The summed E-state index contributed by atoms with van der Waals surface area (Å²) in [5.74, 6) is 0.458. The first-order chi connectivity index (χ1) is 7.87. The summed E-state index contributed by atoms with van der Waals surface area (Å²) in [6, 6.07) is 0. The fourth-order valence-corrected chi connectivity index (χ4v) is 2.79. The maximum Gasteiger partial charge on any atom is 0.250 e. The number of aliphatic hydroxyl groups is 1. The lowest BCUT2D eigenvalue weighted by atomic mass is 9.94. The zero-order valence-electron chi connectivity index (χ0n) is 10.2. The van der Waals surface area contributed by atoms with Crippen molar-refractivity contribution in [2.75, 3.05) is 13.1 Å². The van der Waals surface area contributed by atoms with E-state index in [1.807, 2.05) is 17.1 Å². The van der Waals surface area contributed by atoms with Crippen LogP contribution in [0.15, 0.2) is 22.2 Å². The SMILES string of the molecule is CC(C)(O)CCN1CC2CC(Br)=CC=C2C1=O. The van der Waals surface area contributed by atoms with Gasteiger partial charge in [0.2, 0.25) is 5.91 Å². The Hall–Kier alpha value is -0.610. The molecule has 1 fully saturated rings. The third-order valence-electron chi connectivity index (χ3n) is 3.29. The number of carbonyl (C=O) groups excluding carboxylic acids is 1. The van der Waals surface area contributed by atoms with Crippen molar-refractivity contribution in [3.63, 3.8) is 0 Å². The van der Waals surface area contributed by atoms with E-state index >= 15 is 0 Å². The van der Waals surface area contributed by atoms with Gasteiger partial charge in [-0.25, -0.2) is 0 Å². The van der Waals surface area contributed by atoms with Crippen molar-refractivity contribution in [1.29, 1.82) is 0 Å². The highest BCUT2D eigenvalue weighted by Gasteiger charge is 2.36. The highest BCUT2D eigenvalue weighted by Crippen LogP contribution is 2.35. The van der Waals surface area contributed by atoms with Crippen molar-refractivity contribution in [3.8, 4) is 0 Å². The molecule has 0 aromatic rings. The Bertz CT molecular complexity index is 393. The molecule has 1 aliphatic heterocycles. The Morgan fingerprint density at radius 3 is 2.88 bits per heavy atom. The van der Waals surface area contributed by atoms with Crippen molar-refractivity contribution in [2.45, 2.75) is 32.3 Å². The van der Waals surface area contributed by atoms with Crippen LogP contribution < -0.4 is 0 Å². The summed E-state index contributed by atoms with van der Waals surface area (Å²) in [4.78, 5) is 13.9. The van der Waals surface area contributed by atoms with E-state index < -0.39 is 5.60 Å². The predicted octanol–water partition coefficient (Wildman–Crippen LogP) is 2.21. The summed E-state index contributed by atoms with van der Waals surface area (Å²) in [5.41, 5.74) is 0.213. The van der Waals surface area contributed by atoms with Crippen LogP contribution in [0.3, 0.4) is 0 Å². The smallest absolute Gasteiger partial charge is 0.250 e. The van der Waals surface area contributed by atoms with Crippen molar-refractivity contribution in [1.82, 2.24) is 4.90 Å². The zero-order chi connectivity index (χ0) is 12.6. The molecule has 0 aromatic carbocycles. The van der Waals surface area contributed by atoms with E-state index in [1.54, 1.807) is 13.8 Å². The molecule has 3 nitrogen and oxygen atoms in total. The predicted molar refractivity (Wildman–Crippen MR) is 70.7 cm³/mol. The molecule has 0 radical (unpaired) electrons. The first kappa shape index (κ1) is 12.8. The first-order valence-electron chi connectivity index (χ1n) is 5.95. The number of allylic oxidation sites excluding steroid dienone is 3. The summed E-state index contributed by atoms with van der Waals surface area (Å²) in [5, 5.41) is 9.69. The largest absolute Gasteiger partial charge is 0.390 e. The van der Waals surface area contributed by atoms with E-state index in [4.69, 9.17) is 0 Å². The molecule has 1 saturated heterocycles. The van der Waals surface area contributed by atoms with Gasteiger partial charge < -0.3 is 10.0 Å². The normalized spacial score (nSPS) is 24.6. The van der Waals surface area contributed by atoms with Crippen LogP contribution in [0.2, 0.25) is 0 Å². The number of hydrogen-bond donors (Lipinski definition) is 1. The maximum atomic E-state index is 12.1. The second-order valence-corrected chi connectivity index (χ2v) is 6.47. The molecule has 1 atom stereocenters. The van der Waals surface area contributed by atoms with Gasteiger partial charge in [0.1, 0.15) is 0 Å². The van der Waals surface area contributed by atoms with Crippen LogP contribution >= 0.6 is 15.9 Å². The van der Waals surface area contributed by atoms with E-state index in [0.717, 1.165) is 23.0 Å². The molecule has 0 spiro atoms. The molecule has 2 aliphatic rings. The van der Waals surface area contributed by atoms with Gasteiger partial charge >= 0.3 is 0 Å². The number of halogens is 1. The number of amides is 1. The fourth-order valence-electron chi connectivity index (χ4n) is 2.27. The van der Waals surface area contributed by atoms with Crippen LogP contribution in [0.1, 0.15) is 26.7 Å². The highest BCUT2D eigenvalue weighted by atomic mass is 79.9. The number of fused-ring (bicyclic) bond motifs is 1. The molecule has 0 bridgehead atoms. The summed E-state index contributed by atoms with van der Waals surface area (Å²) in [6.45, 7) is 4.97. The lowest BCUT2D eigenvalue weighted by Crippen LogP contribution is -2.32. The lowest BCUT2D eigenvalue weighted by molar-refractivity contribution is -0.125. The van der Waals surface area contributed by atoms with Gasteiger partial charge in [-0.15, -0.1) is 0 Å². The monoisotopic (exact) mass is 299 g/mol. The van der Waals surface area contributed by atoms with Gasteiger partial charge in [-0.2, -0.15) is 0 Å². The van der Waals surface area contributed by atoms with Crippen molar-refractivity contribution in [3.05, 3.63) is 22.2 Å². The van der Waals surface area contributed by atoms with Crippen molar-refractivity contribution < 1.29 is 9.90 Å². The first-order valence-corrected chi connectivity index (χ1v) is 6.74. The number of likely N-dealkylation sites (tertiary alicyclic amines) is 1. The molecular weight excluding hydrogens is 282 g/mol. The Balaban J connectivity index is 2.00. The van der Waals surface area contributed by atoms with E-state index in [0.29, 0.717) is 18.9 Å². The standard InChI is InChI=1S/C13H18BrNO2/c1-13(2,17)5-6-15-8-9-7-10(14)3-4-11(9)12(15)16/h3-4,9,17H,5-8H2,1-2H3. The second kappa shape index (κ2) is 4.58. The van der Waals surface area contributed by atoms with Crippen LogP contribution in [-0.2, 0) is 4.79 Å². The molecule has 0 saturated carbocycles. The summed E-state index contributed by atoms with van der Waals surface area (Å²) in [7, 11) is 0. The van der Waals surface area contributed by atoms with Gasteiger partial charge in [0.05, 0.1) is 5.60 Å². The minimum Gasteiger partial charge on any atom is -0.390 e. The second-order valence-electron chi connectivity index (χ2n) is 5.45. The Morgan fingerprint density at radius 1 is 1.53 bits per heavy atom. The highest BCUT2D eigenvalue weighted by molar-refractivity contribution is 9.11. The van der Waals surface area contributed by atoms with E-state index in [-0.39, 0.29) is 5.91 Å². The maximum absolute atomic E-state index is 12.1. The number of rotatable bonds is 3. The summed E-state index contributed by atoms with van der Waals surface area (Å²) in [6.07, 6.45) is 5.41. The minimum atomic E-state index is -0.707. The average Bonchev–Trinajstić information content (AvgIpc) is 2.51. The van der Waals surface area contributed by atoms with Crippen molar-refractivity contribution in [2.24, 2.45) is 5.92 Å². The third kappa shape index (κ3) is 2.99. The van der Waals surface area contributed by atoms with Gasteiger partial charge in [0.25, 0.3) is 0 Å². The third-order valence-corrected chi connectivity index (χ3v) is 3.88. The summed E-state index contributed by atoms with van der Waals surface area (Å²) >= 11 is 3.48. The molecule has 2 rings (SSSR count). The van der Waals surface area contributed by atoms with Gasteiger partial charge in [-0.05, 0) is 31.2 Å². The molecule has 1 aliphatic carbocycles. The summed E-state index contributed by atoms with van der Waals surface area (Å²) < 4.78 is 1.16. The zero-order valence-corrected chi connectivity index (χ0v) is 11.8. The van der Waals surface area contributed by atoms with Crippen LogP contribution in [0, 0.1) is 5.92 Å². The quantitative estimate of drug-likeness (QED) is 0.868. The van der Waals surface area contributed by atoms with E-state index in [1.165, 1.54) is 0 Å². The number of carbonyl (C=O) groups is 1. The Kier molecular flexibility index (Phi) is 3.46. The minimum absolute atomic E-state index is 0.135. The van der Waals surface area contributed by atoms with Crippen LogP contribution in [0.25, 0.3) is 0 Å². The van der Waals surface area contributed by atoms with Crippen molar-refractivity contribution >= 4 is 21.8 Å². The molecule has 1 amide bonds. The topological polar surface area (TPSA) is 40.5 Å². The van der Waals surface area contributed by atoms with Crippen LogP contribution in [0.5, 0.6) is 0 Å². The molecular formula is C13H18BrNO2. The molecule has 1 heterocycles. The molecule has 0 aromatic heterocycles. The Morgan fingerprint density at radius 2 is 2.24 bits per heavy atom. The molecule has 1 N–H and O–H groups in total. The van der Waals surface area contributed by atoms with Crippen LogP contribution in [-0.4, -0.2) is 34.6 Å². The number of hydrogen-bond acceptors (Lipinski definition) is 2. The van der Waals surface area contributed by atoms with Gasteiger partial charge in [0, 0.05) is 24.6 Å². The Labute approximate surface area is 110 Å².